The minimum absolute atomic E-state index is 0.196. The van der Waals surface area contributed by atoms with Gasteiger partial charge in [0, 0.05) is 35.3 Å². The molecule has 0 spiro atoms. The first-order valence-electron chi connectivity index (χ1n) is 11.8. The number of carbonyl (C=O) groups excluding carboxylic acids is 1. The molecule has 2 heterocycles. The molecule has 7 heteroatoms. The maximum atomic E-state index is 12.6. The van der Waals surface area contributed by atoms with Crippen LogP contribution in [0.25, 0.3) is 16.5 Å². The van der Waals surface area contributed by atoms with E-state index >= 15 is 0 Å². The van der Waals surface area contributed by atoms with Crippen molar-refractivity contribution in [2.75, 3.05) is 23.3 Å². The van der Waals surface area contributed by atoms with Crippen LogP contribution in [0, 0.1) is 12.8 Å². The van der Waals surface area contributed by atoms with E-state index in [0.717, 1.165) is 66.5 Å². The van der Waals surface area contributed by atoms with Gasteiger partial charge in [-0.1, -0.05) is 23.7 Å². The van der Waals surface area contributed by atoms with Gasteiger partial charge in [-0.2, -0.15) is 0 Å². The Bertz CT molecular complexity index is 1260. The quantitative estimate of drug-likeness (QED) is 0.484. The Balaban J connectivity index is 1.30. The van der Waals surface area contributed by atoms with Gasteiger partial charge in [-0.25, -0.2) is 9.97 Å². The first kappa shape index (κ1) is 22.8. The predicted molar refractivity (Wildman–Crippen MR) is 137 cm³/mol. The summed E-state index contributed by atoms with van der Waals surface area (Å²) in [5.74, 6) is 0.993. The normalized spacial score (nSPS) is 18.2. The van der Waals surface area contributed by atoms with Crippen molar-refractivity contribution in [1.29, 1.82) is 0 Å². The molecule has 5 rings (SSSR count). The van der Waals surface area contributed by atoms with Crippen LogP contribution in [-0.2, 0) is 4.79 Å². The fourth-order valence-corrected chi connectivity index (χ4v) is 4.91. The molecule has 0 radical (unpaired) electrons. The number of aryl methyl sites for hydroxylation is 1. The summed E-state index contributed by atoms with van der Waals surface area (Å²) in [4.78, 5) is 24.3. The number of aromatic nitrogens is 2. The molecule has 1 saturated heterocycles. The highest BCUT2D eigenvalue weighted by atomic mass is 35.5. The average Bonchev–Trinajstić information content (AvgIpc) is 3.66. The Labute approximate surface area is 204 Å². The van der Waals surface area contributed by atoms with Gasteiger partial charge in [-0.05, 0) is 86.9 Å². The van der Waals surface area contributed by atoms with Crippen molar-refractivity contribution in [2.24, 2.45) is 5.92 Å². The van der Waals surface area contributed by atoms with Crippen molar-refractivity contribution in [3.63, 3.8) is 0 Å². The Morgan fingerprint density at radius 2 is 1.85 bits per heavy atom. The Morgan fingerprint density at radius 3 is 2.53 bits per heavy atom. The average molecular weight is 477 g/mol. The summed E-state index contributed by atoms with van der Waals surface area (Å²) in [5.41, 5.74) is 3.71. The van der Waals surface area contributed by atoms with Crippen molar-refractivity contribution in [3.05, 3.63) is 64.8 Å². The van der Waals surface area contributed by atoms with E-state index in [1.54, 1.807) is 6.08 Å². The third-order valence-electron chi connectivity index (χ3n) is 7.04. The number of fused-ring (bicyclic) bond motifs is 1. The lowest BCUT2D eigenvalue weighted by Crippen LogP contribution is -2.46. The second kappa shape index (κ2) is 9.01. The van der Waals surface area contributed by atoms with Crippen molar-refractivity contribution in [2.45, 2.75) is 45.1 Å². The molecule has 2 N–H and O–H groups in total. The van der Waals surface area contributed by atoms with Gasteiger partial charge in [0.1, 0.15) is 0 Å². The number of nitrogens with one attached hydrogen (secondary N) is 1. The zero-order chi connectivity index (χ0) is 23.9. The standard InChI is InChI=1S/C27H29ClN4O2/c1-17(19-3-7-21(28)8-4-19)15-25(33)30-22-9-10-24-23(16-22)18(2)29-26(31-24)32-13-11-27(34,12-14-32)20-5-6-20/h3-4,7-10,15-16,20,34H,5-6,11-14H2,1-2H3,(H,30,33)/b17-15+. The number of halogens is 1. The number of hydrogen-bond acceptors (Lipinski definition) is 5. The van der Waals surface area contributed by atoms with Gasteiger partial charge < -0.3 is 15.3 Å². The van der Waals surface area contributed by atoms with Gasteiger partial charge >= 0.3 is 0 Å². The number of allylic oxidation sites excluding steroid dienone is 1. The van der Waals surface area contributed by atoms with Gasteiger partial charge in [-0.3, -0.25) is 4.79 Å². The summed E-state index contributed by atoms with van der Waals surface area (Å²) >= 11 is 5.95. The van der Waals surface area contributed by atoms with Crippen LogP contribution in [0.2, 0.25) is 5.02 Å². The molecule has 1 amide bonds. The van der Waals surface area contributed by atoms with E-state index in [2.05, 4.69) is 10.2 Å². The molecule has 1 aromatic heterocycles. The number of rotatable bonds is 5. The van der Waals surface area contributed by atoms with Crippen LogP contribution in [0.5, 0.6) is 0 Å². The lowest BCUT2D eigenvalue weighted by Gasteiger charge is -2.38. The molecule has 0 bridgehead atoms. The van der Waals surface area contributed by atoms with E-state index in [0.29, 0.717) is 22.6 Å². The molecule has 3 aromatic rings. The van der Waals surface area contributed by atoms with Crippen LogP contribution < -0.4 is 10.2 Å². The van der Waals surface area contributed by atoms with E-state index < -0.39 is 5.60 Å². The number of benzene rings is 2. The summed E-state index contributed by atoms with van der Waals surface area (Å²) in [6.07, 6.45) is 5.42. The van der Waals surface area contributed by atoms with E-state index in [-0.39, 0.29) is 5.91 Å². The SMILES string of the molecule is C/C(=C\C(=O)Nc1ccc2nc(N3CCC(O)(C4CC4)CC3)nc(C)c2c1)c1ccc(Cl)cc1. The summed E-state index contributed by atoms with van der Waals surface area (Å²) < 4.78 is 0. The van der Waals surface area contributed by atoms with Gasteiger partial charge in [0.15, 0.2) is 0 Å². The fraction of sp³-hybridized carbons (Fsp3) is 0.370. The van der Waals surface area contributed by atoms with Gasteiger partial charge in [-0.15, -0.1) is 0 Å². The van der Waals surface area contributed by atoms with Crippen LogP contribution in [0.3, 0.4) is 0 Å². The number of piperidine rings is 1. The van der Waals surface area contributed by atoms with Crippen LogP contribution in [0.4, 0.5) is 11.6 Å². The second-order valence-corrected chi connectivity index (χ2v) is 9.97. The maximum Gasteiger partial charge on any atom is 0.248 e. The number of aliphatic hydroxyl groups is 1. The second-order valence-electron chi connectivity index (χ2n) is 9.53. The molecule has 1 saturated carbocycles. The zero-order valence-corrected chi connectivity index (χ0v) is 20.3. The summed E-state index contributed by atoms with van der Waals surface area (Å²) in [6.45, 7) is 5.40. The van der Waals surface area contributed by atoms with Crippen molar-refractivity contribution < 1.29 is 9.90 Å². The van der Waals surface area contributed by atoms with Crippen molar-refractivity contribution in [3.8, 4) is 0 Å². The smallest absolute Gasteiger partial charge is 0.248 e. The summed E-state index contributed by atoms with van der Waals surface area (Å²) in [6, 6.07) is 13.1. The van der Waals surface area contributed by atoms with E-state index in [1.807, 2.05) is 56.3 Å². The largest absolute Gasteiger partial charge is 0.389 e. The van der Waals surface area contributed by atoms with Gasteiger partial charge in [0.2, 0.25) is 11.9 Å². The highest BCUT2D eigenvalue weighted by Crippen LogP contribution is 2.45. The fourth-order valence-electron chi connectivity index (χ4n) is 4.78. The number of nitrogens with zero attached hydrogens (tertiary/aromatic N) is 3. The Hall–Kier alpha value is -2.96. The highest BCUT2D eigenvalue weighted by molar-refractivity contribution is 6.30. The van der Waals surface area contributed by atoms with Crippen LogP contribution in [-0.4, -0.2) is 39.7 Å². The lowest BCUT2D eigenvalue weighted by atomic mass is 9.87. The Kier molecular flexibility index (Phi) is 6.04. The highest BCUT2D eigenvalue weighted by Gasteiger charge is 2.45. The Morgan fingerprint density at radius 1 is 1.15 bits per heavy atom. The number of anilines is 2. The maximum absolute atomic E-state index is 12.6. The molecule has 6 nitrogen and oxygen atoms in total. The van der Waals surface area contributed by atoms with Crippen LogP contribution >= 0.6 is 11.6 Å². The van der Waals surface area contributed by atoms with E-state index in [9.17, 15) is 9.90 Å². The van der Waals surface area contributed by atoms with Gasteiger partial charge in [0.25, 0.3) is 0 Å². The number of amides is 1. The van der Waals surface area contributed by atoms with E-state index in [4.69, 9.17) is 21.6 Å². The first-order chi connectivity index (χ1) is 16.3. The van der Waals surface area contributed by atoms with Crippen LogP contribution in [0.1, 0.15) is 43.9 Å². The summed E-state index contributed by atoms with van der Waals surface area (Å²) in [5, 5.41) is 15.3. The van der Waals surface area contributed by atoms with E-state index in [1.165, 1.54) is 0 Å². The number of hydrogen-bond donors (Lipinski definition) is 2. The zero-order valence-electron chi connectivity index (χ0n) is 19.5. The lowest BCUT2D eigenvalue weighted by molar-refractivity contribution is -0.111. The molecule has 1 aliphatic heterocycles. The number of carbonyl (C=O) groups is 1. The molecule has 2 fully saturated rings. The minimum Gasteiger partial charge on any atom is -0.389 e. The van der Waals surface area contributed by atoms with Gasteiger partial charge in [0.05, 0.1) is 16.8 Å². The third-order valence-corrected chi connectivity index (χ3v) is 7.29. The van der Waals surface area contributed by atoms with Crippen LogP contribution in [0.15, 0.2) is 48.5 Å². The minimum atomic E-state index is -0.504. The van der Waals surface area contributed by atoms with Crippen molar-refractivity contribution in [1.82, 2.24) is 9.97 Å². The summed E-state index contributed by atoms with van der Waals surface area (Å²) in [7, 11) is 0. The molecule has 0 unspecified atom stereocenters. The molecule has 1 aliphatic carbocycles. The monoisotopic (exact) mass is 476 g/mol. The predicted octanol–water partition coefficient (Wildman–Crippen LogP) is 5.37. The molecule has 0 atom stereocenters. The molecule has 2 aromatic carbocycles. The molecular formula is C27H29ClN4O2. The van der Waals surface area contributed by atoms with Crippen molar-refractivity contribution >= 4 is 45.6 Å². The topological polar surface area (TPSA) is 78.4 Å². The molecule has 2 aliphatic rings. The molecular weight excluding hydrogens is 448 g/mol. The third kappa shape index (κ3) is 4.79. The molecule has 176 valence electrons. The first-order valence-corrected chi connectivity index (χ1v) is 12.2. The molecule has 34 heavy (non-hydrogen) atoms.